The van der Waals surface area contributed by atoms with E-state index < -0.39 is 5.97 Å². The number of aryl methyl sites for hydroxylation is 1. The van der Waals surface area contributed by atoms with Crippen molar-refractivity contribution in [1.82, 2.24) is 0 Å². The molecule has 3 aromatic carbocycles. The number of carboxylic acids is 1. The van der Waals surface area contributed by atoms with E-state index >= 15 is 0 Å². The summed E-state index contributed by atoms with van der Waals surface area (Å²) in [5.74, 6) is 1.71. The molecule has 2 N–H and O–H groups in total. The summed E-state index contributed by atoms with van der Waals surface area (Å²) in [7, 11) is 0. The summed E-state index contributed by atoms with van der Waals surface area (Å²) in [5, 5.41) is 21.7. The normalized spacial score (nSPS) is 28.4. The lowest BCUT2D eigenvalue weighted by Gasteiger charge is -2.57. The highest BCUT2D eigenvalue weighted by molar-refractivity contribution is 5.98. The average Bonchev–Trinajstić information content (AvgIpc) is 2.77. The van der Waals surface area contributed by atoms with Crippen LogP contribution in [0.3, 0.4) is 0 Å². The van der Waals surface area contributed by atoms with Crippen molar-refractivity contribution >= 4 is 16.7 Å². The van der Waals surface area contributed by atoms with Crippen LogP contribution >= 0.6 is 0 Å². The van der Waals surface area contributed by atoms with Crippen molar-refractivity contribution < 1.29 is 15.0 Å². The molecule has 4 fully saturated rings. The van der Waals surface area contributed by atoms with Gasteiger partial charge >= 0.3 is 5.97 Å². The highest BCUT2D eigenvalue weighted by atomic mass is 16.4. The molecule has 32 heavy (non-hydrogen) atoms. The van der Waals surface area contributed by atoms with Crippen LogP contribution in [-0.2, 0) is 12.0 Å². The van der Waals surface area contributed by atoms with Gasteiger partial charge in [0, 0.05) is 0 Å². The minimum atomic E-state index is -0.881. The van der Waals surface area contributed by atoms with Crippen molar-refractivity contribution in [1.29, 1.82) is 0 Å². The van der Waals surface area contributed by atoms with E-state index in [9.17, 15) is 15.0 Å². The molecule has 4 saturated carbocycles. The Kier molecular flexibility index (Phi) is 4.49. The molecule has 0 saturated heterocycles. The van der Waals surface area contributed by atoms with E-state index in [2.05, 4.69) is 36.4 Å². The lowest BCUT2D eigenvalue weighted by atomic mass is 9.47. The van der Waals surface area contributed by atoms with Crippen LogP contribution in [0.25, 0.3) is 21.9 Å². The average molecular weight is 427 g/mol. The first-order valence-electron chi connectivity index (χ1n) is 12.0. The van der Waals surface area contributed by atoms with Crippen LogP contribution < -0.4 is 0 Å². The Bertz CT molecular complexity index is 1200. The molecule has 4 bridgehead atoms. The molecule has 0 amide bonds. The fraction of sp³-hybridized carbons (Fsp3) is 0.414. The highest BCUT2D eigenvalue weighted by Gasteiger charge is 2.52. The Hall–Kier alpha value is -2.65. The number of aliphatic hydroxyl groups excluding tert-OH is 1. The number of aromatic carboxylic acids is 1. The van der Waals surface area contributed by atoms with E-state index in [1.807, 2.05) is 13.0 Å². The number of hydrogen-bond acceptors (Lipinski definition) is 2. The first-order chi connectivity index (χ1) is 15.5. The maximum absolute atomic E-state index is 11.5. The Morgan fingerprint density at radius 2 is 1.53 bits per heavy atom. The smallest absolute Gasteiger partial charge is 0.335 e. The SMILES string of the molecule is Cc1c(C(=O)O)ccc2cc(-c3ccc(CO)c(C45CC6CC(CC(C6)C4)C5)c3)ccc12. The van der Waals surface area contributed by atoms with E-state index in [-0.39, 0.29) is 12.0 Å². The lowest BCUT2D eigenvalue weighted by Crippen LogP contribution is -2.49. The molecule has 0 unspecified atom stereocenters. The molecule has 0 atom stereocenters. The van der Waals surface area contributed by atoms with Gasteiger partial charge < -0.3 is 10.2 Å². The van der Waals surface area contributed by atoms with Gasteiger partial charge in [0.05, 0.1) is 12.2 Å². The van der Waals surface area contributed by atoms with Crippen LogP contribution in [0, 0.1) is 24.7 Å². The molecule has 164 valence electrons. The number of benzene rings is 3. The van der Waals surface area contributed by atoms with E-state index in [1.165, 1.54) is 49.7 Å². The first kappa shape index (κ1) is 20.0. The Morgan fingerprint density at radius 3 is 2.16 bits per heavy atom. The van der Waals surface area contributed by atoms with Gasteiger partial charge in [-0.3, -0.25) is 0 Å². The number of aliphatic hydroxyl groups is 1. The fourth-order valence-corrected chi connectivity index (χ4v) is 7.72. The lowest BCUT2D eigenvalue weighted by molar-refractivity contribution is -0.00600. The third kappa shape index (κ3) is 3.02. The Labute approximate surface area is 189 Å². The second-order valence-corrected chi connectivity index (χ2v) is 10.7. The summed E-state index contributed by atoms with van der Waals surface area (Å²) in [5.41, 5.74) is 6.23. The van der Waals surface area contributed by atoms with Crippen LogP contribution in [0.5, 0.6) is 0 Å². The number of rotatable bonds is 4. The molecule has 4 aliphatic rings. The van der Waals surface area contributed by atoms with Crippen LogP contribution in [0.15, 0.2) is 48.5 Å². The zero-order chi connectivity index (χ0) is 22.0. The van der Waals surface area contributed by atoms with Crippen molar-refractivity contribution in [2.45, 2.75) is 57.5 Å². The molecule has 0 aliphatic heterocycles. The largest absolute Gasteiger partial charge is 0.478 e. The van der Waals surface area contributed by atoms with E-state index in [0.29, 0.717) is 5.56 Å². The maximum atomic E-state index is 11.5. The predicted molar refractivity (Wildman–Crippen MR) is 127 cm³/mol. The minimum Gasteiger partial charge on any atom is -0.478 e. The summed E-state index contributed by atoms with van der Waals surface area (Å²) >= 11 is 0. The predicted octanol–water partition coefficient (Wildman–Crippen LogP) is 6.47. The van der Waals surface area contributed by atoms with Crippen molar-refractivity contribution in [3.63, 3.8) is 0 Å². The monoisotopic (exact) mass is 426 g/mol. The second-order valence-electron chi connectivity index (χ2n) is 10.7. The Morgan fingerprint density at radius 1 is 0.906 bits per heavy atom. The van der Waals surface area contributed by atoms with Crippen molar-refractivity contribution in [3.8, 4) is 11.1 Å². The van der Waals surface area contributed by atoms with Gasteiger partial charge in [-0.2, -0.15) is 0 Å². The van der Waals surface area contributed by atoms with Crippen LogP contribution in [0.2, 0.25) is 0 Å². The van der Waals surface area contributed by atoms with Gasteiger partial charge in [0.1, 0.15) is 0 Å². The summed E-state index contributed by atoms with van der Waals surface area (Å²) in [4.78, 5) is 11.5. The molecule has 3 heteroatoms. The highest BCUT2D eigenvalue weighted by Crippen LogP contribution is 2.61. The summed E-state index contributed by atoms with van der Waals surface area (Å²) in [6.45, 7) is 1.99. The fourth-order valence-electron chi connectivity index (χ4n) is 7.72. The van der Waals surface area contributed by atoms with E-state index in [1.54, 1.807) is 6.07 Å². The molecule has 7 rings (SSSR count). The van der Waals surface area contributed by atoms with Gasteiger partial charge in [-0.05, 0) is 119 Å². The van der Waals surface area contributed by atoms with Gasteiger partial charge in [-0.25, -0.2) is 4.79 Å². The molecular weight excluding hydrogens is 396 g/mol. The van der Waals surface area contributed by atoms with E-state index in [0.717, 1.165) is 45.2 Å². The van der Waals surface area contributed by atoms with Gasteiger partial charge in [0.15, 0.2) is 0 Å². The Balaban J connectivity index is 1.44. The van der Waals surface area contributed by atoms with Crippen molar-refractivity contribution in [2.24, 2.45) is 17.8 Å². The number of carbonyl (C=O) groups is 1. The van der Waals surface area contributed by atoms with Crippen LogP contribution in [0.1, 0.15) is 65.6 Å². The van der Waals surface area contributed by atoms with Crippen molar-refractivity contribution in [2.75, 3.05) is 0 Å². The van der Waals surface area contributed by atoms with Gasteiger partial charge in [-0.1, -0.05) is 36.4 Å². The summed E-state index contributed by atoms with van der Waals surface area (Å²) in [6.07, 6.45) is 8.08. The molecule has 0 radical (unpaired) electrons. The zero-order valence-electron chi connectivity index (χ0n) is 18.6. The minimum absolute atomic E-state index is 0.103. The quantitative estimate of drug-likeness (QED) is 0.502. The van der Waals surface area contributed by atoms with Gasteiger partial charge in [0.2, 0.25) is 0 Å². The summed E-state index contributed by atoms with van der Waals surface area (Å²) < 4.78 is 0. The molecule has 0 spiro atoms. The second kappa shape index (κ2) is 7.18. The number of fused-ring (bicyclic) bond motifs is 1. The molecule has 3 aromatic rings. The molecule has 0 heterocycles. The van der Waals surface area contributed by atoms with Crippen LogP contribution in [0.4, 0.5) is 0 Å². The molecule has 4 aliphatic carbocycles. The third-order valence-electron chi connectivity index (χ3n) is 8.74. The number of carboxylic acid groups (broad SMARTS) is 1. The zero-order valence-corrected chi connectivity index (χ0v) is 18.6. The first-order valence-corrected chi connectivity index (χ1v) is 12.0. The standard InChI is InChI=1S/C29H30O3/c1-17-25-6-4-21(11-23(25)5-7-26(17)28(31)32)22-2-3-24(16-30)27(12-22)29-13-18-8-19(14-29)10-20(9-18)15-29/h2-7,11-12,18-20,30H,8-10,13-16H2,1H3,(H,31,32). The van der Waals surface area contributed by atoms with Crippen molar-refractivity contribution in [3.05, 3.63) is 70.8 Å². The number of hydrogen-bond donors (Lipinski definition) is 2. The topological polar surface area (TPSA) is 57.5 Å². The molecular formula is C29H30O3. The maximum Gasteiger partial charge on any atom is 0.335 e. The molecule has 0 aromatic heterocycles. The van der Waals surface area contributed by atoms with Gasteiger partial charge in [-0.15, -0.1) is 0 Å². The molecule has 3 nitrogen and oxygen atoms in total. The van der Waals surface area contributed by atoms with E-state index in [4.69, 9.17) is 0 Å². The summed E-state index contributed by atoms with van der Waals surface area (Å²) in [6, 6.07) is 16.6. The van der Waals surface area contributed by atoms with Gasteiger partial charge in [0.25, 0.3) is 0 Å². The third-order valence-corrected chi connectivity index (χ3v) is 8.74. The van der Waals surface area contributed by atoms with Crippen LogP contribution in [-0.4, -0.2) is 16.2 Å².